The second-order valence-corrected chi connectivity index (χ2v) is 5.45. The van der Waals surface area contributed by atoms with E-state index in [4.69, 9.17) is 4.52 Å². The van der Waals surface area contributed by atoms with E-state index in [1.807, 2.05) is 17.8 Å². The van der Waals surface area contributed by atoms with Crippen LogP contribution in [0, 0.1) is 0 Å². The van der Waals surface area contributed by atoms with Crippen LogP contribution in [0.25, 0.3) is 0 Å². The van der Waals surface area contributed by atoms with Gasteiger partial charge in [-0.15, -0.1) is 0 Å². The number of nitrogens with zero attached hydrogens (tertiary/aromatic N) is 2. The van der Waals surface area contributed by atoms with E-state index in [1.165, 1.54) is 12.2 Å². The average molecular weight is 298 g/mol. The molecule has 0 aliphatic carbocycles. The third kappa shape index (κ3) is 6.84. The zero-order valence-electron chi connectivity index (χ0n) is 12.7. The van der Waals surface area contributed by atoms with Gasteiger partial charge in [0.1, 0.15) is 6.54 Å². The molecule has 20 heavy (non-hydrogen) atoms. The summed E-state index contributed by atoms with van der Waals surface area (Å²) in [5.74, 6) is 2.86. The normalized spacial score (nSPS) is 11.7. The third-order valence-electron chi connectivity index (χ3n) is 2.77. The lowest BCUT2D eigenvalue weighted by Gasteiger charge is -2.10. The van der Waals surface area contributed by atoms with Crippen LogP contribution >= 0.6 is 11.8 Å². The SMILES string of the molecule is CCNC(=NCc1cc(CC)no1)NCCCCSC. The summed E-state index contributed by atoms with van der Waals surface area (Å²) >= 11 is 1.89. The Labute approximate surface area is 126 Å². The highest BCUT2D eigenvalue weighted by Gasteiger charge is 2.02. The summed E-state index contributed by atoms with van der Waals surface area (Å²) in [6.45, 7) is 6.45. The largest absolute Gasteiger partial charge is 0.359 e. The molecule has 0 amide bonds. The van der Waals surface area contributed by atoms with Gasteiger partial charge in [0.2, 0.25) is 0 Å². The molecule has 2 N–H and O–H groups in total. The van der Waals surface area contributed by atoms with E-state index < -0.39 is 0 Å². The fourth-order valence-electron chi connectivity index (χ4n) is 1.67. The van der Waals surface area contributed by atoms with Crippen molar-refractivity contribution < 1.29 is 4.52 Å². The van der Waals surface area contributed by atoms with Gasteiger partial charge in [-0.2, -0.15) is 11.8 Å². The van der Waals surface area contributed by atoms with Crippen LogP contribution in [0.1, 0.15) is 38.1 Å². The van der Waals surface area contributed by atoms with Gasteiger partial charge in [0.15, 0.2) is 11.7 Å². The number of aromatic nitrogens is 1. The molecule has 1 heterocycles. The monoisotopic (exact) mass is 298 g/mol. The molecule has 114 valence electrons. The first-order chi connectivity index (χ1) is 9.80. The maximum atomic E-state index is 5.23. The number of rotatable bonds is 9. The fraction of sp³-hybridized carbons (Fsp3) is 0.714. The third-order valence-corrected chi connectivity index (χ3v) is 3.47. The molecule has 0 atom stereocenters. The average Bonchev–Trinajstić information content (AvgIpc) is 2.92. The van der Waals surface area contributed by atoms with E-state index in [2.05, 4.69) is 40.9 Å². The van der Waals surface area contributed by atoms with E-state index in [0.29, 0.717) is 6.54 Å². The van der Waals surface area contributed by atoms with Crippen molar-refractivity contribution in [2.75, 3.05) is 25.1 Å². The Bertz CT molecular complexity index is 392. The molecule has 1 rings (SSSR count). The molecule has 1 aromatic heterocycles. The van der Waals surface area contributed by atoms with Crippen molar-refractivity contribution in [1.82, 2.24) is 15.8 Å². The van der Waals surface area contributed by atoms with Crippen LogP contribution in [0.4, 0.5) is 0 Å². The summed E-state index contributed by atoms with van der Waals surface area (Å²) in [5, 5.41) is 10.5. The lowest BCUT2D eigenvalue weighted by atomic mass is 10.3. The summed E-state index contributed by atoms with van der Waals surface area (Å²) in [7, 11) is 0. The molecule has 0 saturated carbocycles. The van der Waals surface area contributed by atoms with E-state index in [-0.39, 0.29) is 0 Å². The van der Waals surface area contributed by atoms with Gasteiger partial charge in [0.25, 0.3) is 0 Å². The molecule has 0 fully saturated rings. The number of thioether (sulfide) groups is 1. The molecule has 5 nitrogen and oxygen atoms in total. The lowest BCUT2D eigenvalue weighted by molar-refractivity contribution is 0.379. The first kappa shape index (κ1) is 16.9. The molecule has 1 aromatic rings. The van der Waals surface area contributed by atoms with Gasteiger partial charge in [0, 0.05) is 19.2 Å². The van der Waals surface area contributed by atoms with Crippen LogP contribution < -0.4 is 10.6 Å². The van der Waals surface area contributed by atoms with Crippen LogP contribution in [0.2, 0.25) is 0 Å². The standard InChI is InChI=1S/C14H26N4OS/c1-4-12-10-13(19-18-12)11-17-14(15-5-2)16-8-6-7-9-20-3/h10H,4-9,11H2,1-3H3,(H2,15,16,17). The molecule has 0 aliphatic rings. The predicted molar refractivity (Wildman–Crippen MR) is 86.3 cm³/mol. The first-order valence-electron chi connectivity index (χ1n) is 7.25. The number of hydrogen-bond acceptors (Lipinski definition) is 4. The topological polar surface area (TPSA) is 62.5 Å². The second kappa shape index (κ2) is 10.6. The van der Waals surface area contributed by atoms with Gasteiger partial charge < -0.3 is 15.2 Å². The second-order valence-electron chi connectivity index (χ2n) is 4.46. The maximum absolute atomic E-state index is 5.23. The van der Waals surface area contributed by atoms with Crippen LogP contribution in [0.5, 0.6) is 0 Å². The molecular weight excluding hydrogens is 272 g/mol. The van der Waals surface area contributed by atoms with Crippen LogP contribution in [-0.2, 0) is 13.0 Å². The van der Waals surface area contributed by atoms with Crippen molar-refractivity contribution in [2.45, 2.75) is 39.7 Å². The maximum Gasteiger partial charge on any atom is 0.191 e. The minimum atomic E-state index is 0.521. The number of guanidine groups is 1. The van der Waals surface area contributed by atoms with Gasteiger partial charge in [0.05, 0.1) is 5.69 Å². The Morgan fingerprint density at radius 2 is 2.20 bits per heavy atom. The minimum Gasteiger partial charge on any atom is -0.359 e. The van der Waals surface area contributed by atoms with Crippen molar-refractivity contribution in [3.8, 4) is 0 Å². The quantitative estimate of drug-likeness (QED) is 0.416. The van der Waals surface area contributed by atoms with E-state index in [1.54, 1.807) is 0 Å². The number of unbranched alkanes of at least 4 members (excludes halogenated alkanes) is 1. The smallest absolute Gasteiger partial charge is 0.191 e. The number of aliphatic imine (C=N–C) groups is 1. The van der Waals surface area contributed by atoms with Crippen molar-refractivity contribution in [1.29, 1.82) is 0 Å². The van der Waals surface area contributed by atoms with Gasteiger partial charge in [-0.3, -0.25) is 0 Å². The molecular formula is C14H26N4OS. The van der Waals surface area contributed by atoms with Crippen molar-refractivity contribution in [3.63, 3.8) is 0 Å². The van der Waals surface area contributed by atoms with Gasteiger partial charge in [-0.05, 0) is 38.2 Å². The van der Waals surface area contributed by atoms with Crippen molar-refractivity contribution >= 4 is 17.7 Å². The molecule has 0 spiro atoms. The van der Waals surface area contributed by atoms with E-state index in [9.17, 15) is 0 Å². The Morgan fingerprint density at radius 1 is 1.35 bits per heavy atom. The van der Waals surface area contributed by atoms with Gasteiger partial charge >= 0.3 is 0 Å². The number of hydrogen-bond donors (Lipinski definition) is 2. The highest BCUT2D eigenvalue weighted by atomic mass is 32.2. The van der Waals surface area contributed by atoms with Gasteiger partial charge in [-0.1, -0.05) is 12.1 Å². The predicted octanol–water partition coefficient (Wildman–Crippen LogP) is 2.44. The minimum absolute atomic E-state index is 0.521. The highest BCUT2D eigenvalue weighted by molar-refractivity contribution is 7.98. The molecule has 6 heteroatoms. The fourth-order valence-corrected chi connectivity index (χ4v) is 2.17. The van der Waals surface area contributed by atoms with Gasteiger partial charge in [-0.25, -0.2) is 4.99 Å². The summed E-state index contributed by atoms with van der Waals surface area (Å²) in [6.07, 6.45) is 5.42. The van der Waals surface area contributed by atoms with E-state index in [0.717, 1.165) is 43.3 Å². The molecule has 0 aliphatic heterocycles. The molecule has 0 aromatic carbocycles. The summed E-state index contributed by atoms with van der Waals surface area (Å²) in [4.78, 5) is 4.50. The number of aryl methyl sites for hydroxylation is 1. The Balaban J connectivity index is 2.37. The Hall–Kier alpha value is -1.17. The summed E-state index contributed by atoms with van der Waals surface area (Å²) in [5.41, 5.74) is 0.977. The number of nitrogens with one attached hydrogen (secondary N) is 2. The van der Waals surface area contributed by atoms with Crippen LogP contribution in [0.3, 0.4) is 0 Å². The molecule has 0 unspecified atom stereocenters. The molecule has 0 saturated heterocycles. The zero-order chi connectivity index (χ0) is 14.6. The van der Waals surface area contributed by atoms with Crippen molar-refractivity contribution in [3.05, 3.63) is 17.5 Å². The van der Waals surface area contributed by atoms with Crippen LogP contribution in [-0.4, -0.2) is 36.2 Å². The zero-order valence-corrected chi connectivity index (χ0v) is 13.6. The summed E-state index contributed by atoms with van der Waals surface area (Å²) < 4.78 is 5.23. The summed E-state index contributed by atoms with van der Waals surface area (Å²) in [6, 6.07) is 1.96. The molecule has 0 bridgehead atoms. The lowest BCUT2D eigenvalue weighted by Crippen LogP contribution is -2.37. The molecule has 0 radical (unpaired) electrons. The Morgan fingerprint density at radius 3 is 2.85 bits per heavy atom. The first-order valence-corrected chi connectivity index (χ1v) is 8.65. The van der Waals surface area contributed by atoms with Crippen molar-refractivity contribution in [2.24, 2.45) is 4.99 Å². The van der Waals surface area contributed by atoms with E-state index >= 15 is 0 Å². The Kier molecular flexibility index (Phi) is 8.95. The van der Waals surface area contributed by atoms with Crippen LogP contribution in [0.15, 0.2) is 15.6 Å². The highest BCUT2D eigenvalue weighted by Crippen LogP contribution is 2.05.